The zero-order chi connectivity index (χ0) is 39.6. The van der Waals surface area contributed by atoms with Crippen molar-refractivity contribution in [3.63, 3.8) is 0 Å². The molecule has 0 saturated carbocycles. The number of allylic oxidation sites excluding steroid dienone is 4. The molecule has 0 aliphatic rings. The van der Waals surface area contributed by atoms with Crippen LogP contribution in [0.15, 0.2) is 24.3 Å². The van der Waals surface area contributed by atoms with Gasteiger partial charge in [0.05, 0.1) is 13.2 Å². The van der Waals surface area contributed by atoms with Crippen molar-refractivity contribution in [1.82, 2.24) is 4.90 Å². The Balaban J connectivity index is 4.34. The van der Waals surface area contributed by atoms with Crippen LogP contribution in [0.3, 0.4) is 0 Å². The molecule has 0 aliphatic heterocycles. The first kappa shape index (κ1) is 53.5. The fourth-order valence-corrected chi connectivity index (χ4v) is 8.54. The van der Waals surface area contributed by atoms with Crippen molar-refractivity contribution in [1.29, 1.82) is 0 Å². The lowest BCUT2D eigenvalue weighted by atomic mass is 10.0. The van der Waals surface area contributed by atoms with Crippen molar-refractivity contribution in [2.45, 2.75) is 226 Å². The fourth-order valence-electron chi connectivity index (χ4n) is 7.01. The van der Waals surface area contributed by atoms with Gasteiger partial charge in [-0.15, -0.1) is 0 Å². The fraction of sp³-hybridized carbons (Fsp3) is 0.915. The molecule has 0 rings (SSSR count). The highest BCUT2D eigenvalue weighted by Crippen LogP contribution is 2.20. The maximum absolute atomic E-state index is 9.22. The molecule has 1 atom stereocenters. The molecule has 0 aliphatic carbocycles. The standard InChI is InChI=1S/C47H95NO5Si/c1-6-7-8-9-10-11-12-13-14-15-16-20-23-26-30-35-44-51-47(38-33-28-25-22-19-17-18-21-24-27-32-37-46(2)3)53-54(4,5)52-45-36-31-29-34-39-48(40-42-49)41-43-50/h10-11,13-14,46-47,49-50H,6-9,12,15-45H2,1-5H3/b11-10-,14-13-. The Morgan fingerprint density at radius 2 is 0.981 bits per heavy atom. The average Bonchev–Trinajstić information content (AvgIpc) is 3.14. The number of nitrogens with zero attached hydrogens (tertiary/aromatic N) is 1. The molecule has 0 radical (unpaired) electrons. The van der Waals surface area contributed by atoms with Gasteiger partial charge in [0.1, 0.15) is 6.29 Å². The zero-order valence-corrected chi connectivity index (χ0v) is 38.0. The number of unbranched alkanes of at least 4 members (excludes halogenated alkanes) is 22. The van der Waals surface area contributed by atoms with Crippen molar-refractivity contribution in [2.24, 2.45) is 5.92 Å². The summed E-state index contributed by atoms with van der Waals surface area (Å²) in [5.41, 5.74) is 0. The Kier molecular flexibility index (Phi) is 41.7. The van der Waals surface area contributed by atoms with Crippen molar-refractivity contribution >= 4 is 8.56 Å². The lowest BCUT2D eigenvalue weighted by Crippen LogP contribution is -2.40. The maximum Gasteiger partial charge on any atom is 0.333 e. The average molecular weight is 782 g/mol. The van der Waals surface area contributed by atoms with Gasteiger partial charge in [0, 0.05) is 26.3 Å². The predicted octanol–water partition coefficient (Wildman–Crippen LogP) is 13.5. The van der Waals surface area contributed by atoms with Crippen LogP contribution < -0.4 is 0 Å². The van der Waals surface area contributed by atoms with Crippen LogP contribution in [0.1, 0.15) is 207 Å². The highest BCUT2D eigenvalue weighted by atomic mass is 28.4. The van der Waals surface area contributed by atoms with E-state index in [1.165, 1.54) is 135 Å². The third-order valence-corrected chi connectivity index (χ3v) is 12.2. The summed E-state index contributed by atoms with van der Waals surface area (Å²) in [6.07, 6.45) is 46.0. The monoisotopic (exact) mass is 782 g/mol. The van der Waals surface area contributed by atoms with E-state index in [2.05, 4.69) is 63.1 Å². The third kappa shape index (κ3) is 41.1. The molecule has 0 heterocycles. The van der Waals surface area contributed by atoms with Crippen molar-refractivity contribution in [2.75, 3.05) is 46.1 Å². The quantitative estimate of drug-likeness (QED) is 0.0278. The van der Waals surface area contributed by atoms with Gasteiger partial charge in [0.15, 0.2) is 0 Å². The van der Waals surface area contributed by atoms with Gasteiger partial charge in [-0.05, 0) is 89.8 Å². The molecule has 54 heavy (non-hydrogen) atoms. The second-order valence-corrected chi connectivity index (χ2v) is 20.1. The molecule has 0 spiro atoms. The number of hydrogen-bond donors (Lipinski definition) is 2. The van der Waals surface area contributed by atoms with Gasteiger partial charge in [-0.2, -0.15) is 0 Å². The summed E-state index contributed by atoms with van der Waals surface area (Å²) >= 11 is 0. The third-order valence-electron chi connectivity index (χ3n) is 10.4. The lowest BCUT2D eigenvalue weighted by Gasteiger charge is -2.29. The van der Waals surface area contributed by atoms with Crippen LogP contribution in [-0.4, -0.2) is 76.0 Å². The molecular weight excluding hydrogens is 687 g/mol. The summed E-state index contributed by atoms with van der Waals surface area (Å²) in [6.45, 7) is 15.3. The minimum absolute atomic E-state index is 0.146. The van der Waals surface area contributed by atoms with Crippen molar-refractivity contribution in [3.8, 4) is 0 Å². The molecule has 0 aromatic carbocycles. The molecule has 322 valence electrons. The van der Waals surface area contributed by atoms with Crippen molar-refractivity contribution in [3.05, 3.63) is 24.3 Å². The SMILES string of the molecule is CCCCC/C=C\C/C=C\CCCCCCCCOC(CCCCCCCCCCCCCC(C)C)O[Si](C)(C)OCCCCCCN(CCO)CCO. The smallest absolute Gasteiger partial charge is 0.333 e. The largest absolute Gasteiger partial charge is 0.395 e. The van der Waals surface area contributed by atoms with Crippen molar-refractivity contribution < 1.29 is 23.8 Å². The van der Waals surface area contributed by atoms with Gasteiger partial charge >= 0.3 is 8.56 Å². The van der Waals surface area contributed by atoms with E-state index in [1.54, 1.807) is 0 Å². The Bertz CT molecular complexity index is 786. The van der Waals surface area contributed by atoms with E-state index >= 15 is 0 Å². The molecule has 0 amide bonds. The molecule has 1 unspecified atom stereocenters. The van der Waals surface area contributed by atoms with E-state index in [1.807, 2.05) is 0 Å². The Hall–Kier alpha value is -0.543. The van der Waals surface area contributed by atoms with Crippen LogP contribution in [-0.2, 0) is 13.6 Å². The van der Waals surface area contributed by atoms with E-state index < -0.39 is 8.56 Å². The summed E-state index contributed by atoms with van der Waals surface area (Å²) in [5, 5.41) is 18.4. The van der Waals surface area contributed by atoms with Gasteiger partial charge in [-0.25, -0.2) is 0 Å². The number of ether oxygens (including phenoxy) is 1. The molecule has 7 heteroatoms. The van der Waals surface area contributed by atoms with Crippen LogP contribution in [0.4, 0.5) is 0 Å². The normalized spacial score (nSPS) is 13.1. The van der Waals surface area contributed by atoms with Crippen LogP contribution in [0, 0.1) is 5.92 Å². The highest BCUT2D eigenvalue weighted by molar-refractivity contribution is 6.64. The first-order chi connectivity index (χ1) is 26.3. The molecule has 0 aromatic heterocycles. The number of hydrogen-bond acceptors (Lipinski definition) is 6. The molecule has 0 aromatic rings. The summed E-state index contributed by atoms with van der Waals surface area (Å²) in [4.78, 5) is 2.13. The Labute approximate surface area is 338 Å². The number of aliphatic hydroxyl groups is 2. The van der Waals surface area contributed by atoms with Gasteiger partial charge in [0.25, 0.3) is 0 Å². The van der Waals surface area contributed by atoms with E-state index in [9.17, 15) is 10.2 Å². The van der Waals surface area contributed by atoms with Crippen LogP contribution >= 0.6 is 0 Å². The highest BCUT2D eigenvalue weighted by Gasteiger charge is 2.29. The molecule has 6 nitrogen and oxygen atoms in total. The maximum atomic E-state index is 9.22. The Morgan fingerprint density at radius 3 is 1.52 bits per heavy atom. The molecule has 0 bridgehead atoms. The van der Waals surface area contributed by atoms with Crippen LogP contribution in [0.2, 0.25) is 13.1 Å². The Morgan fingerprint density at radius 1 is 0.519 bits per heavy atom. The van der Waals surface area contributed by atoms with Crippen LogP contribution in [0.25, 0.3) is 0 Å². The predicted molar refractivity (Wildman–Crippen MR) is 238 cm³/mol. The molecule has 0 fully saturated rings. The molecule has 0 saturated heterocycles. The lowest BCUT2D eigenvalue weighted by molar-refractivity contribution is -0.104. The first-order valence-corrected chi connectivity index (χ1v) is 26.3. The van der Waals surface area contributed by atoms with E-state index in [-0.39, 0.29) is 19.5 Å². The first-order valence-electron chi connectivity index (χ1n) is 23.5. The zero-order valence-electron chi connectivity index (χ0n) is 37.0. The summed E-state index contributed by atoms with van der Waals surface area (Å²) < 4.78 is 19.4. The summed E-state index contributed by atoms with van der Waals surface area (Å²) in [5.74, 6) is 0.854. The summed E-state index contributed by atoms with van der Waals surface area (Å²) in [7, 11) is -2.29. The molecular formula is C47H95NO5Si. The molecule has 2 N–H and O–H groups in total. The van der Waals surface area contributed by atoms with Gasteiger partial charge < -0.3 is 23.8 Å². The minimum Gasteiger partial charge on any atom is -0.395 e. The van der Waals surface area contributed by atoms with Gasteiger partial charge in [0.2, 0.25) is 0 Å². The van der Waals surface area contributed by atoms with E-state index in [0.717, 1.165) is 77.0 Å². The van der Waals surface area contributed by atoms with E-state index in [4.69, 9.17) is 13.6 Å². The van der Waals surface area contributed by atoms with Crippen LogP contribution in [0.5, 0.6) is 0 Å². The topological polar surface area (TPSA) is 71.4 Å². The van der Waals surface area contributed by atoms with Gasteiger partial charge in [-0.3, -0.25) is 4.90 Å². The second-order valence-electron chi connectivity index (χ2n) is 16.8. The van der Waals surface area contributed by atoms with Gasteiger partial charge in [-0.1, -0.05) is 167 Å². The van der Waals surface area contributed by atoms with E-state index in [0.29, 0.717) is 13.1 Å². The number of aliphatic hydroxyl groups excluding tert-OH is 2. The summed E-state index contributed by atoms with van der Waals surface area (Å²) in [6, 6.07) is 0. The number of rotatable bonds is 44. The second kappa shape index (κ2) is 42.1. The minimum atomic E-state index is -2.29.